The Bertz CT molecular complexity index is 328. The highest BCUT2D eigenvalue weighted by Gasteiger charge is 2.31. The van der Waals surface area contributed by atoms with Crippen LogP contribution < -0.4 is 11.1 Å². The van der Waals surface area contributed by atoms with Gasteiger partial charge in [-0.3, -0.25) is 9.59 Å². The van der Waals surface area contributed by atoms with Gasteiger partial charge in [-0.25, -0.2) is 0 Å². The van der Waals surface area contributed by atoms with Crippen molar-refractivity contribution in [1.82, 2.24) is 10.2 Å². The average Bonchev–Trinajstić information content (AvgIpc) is 2.39. The third kappa shape index (κ3) is 5.88. The number of likely N-dealkylation sites (N-methyl/N-ethyl adjacent to an activating group) is 1. The maximum Gasteiger partial charge on any atom is 0.239 e. The zero-order valence-corrected chi connectivity index (χ0v) is 12.6. The SMILES string of the molecule is COCCNC(=O)CN(C)C(=O)CC1(N)CCCCC1. The molecule has 0 unspecified atom stereocenters. The van der Waals surface area contributed by atoms with Crippen LogP contribution in [0.4, 0.5) is 0 Å². The number of amides is 2. The van der Waals surface area contributed by atoms with Crippen molar-refractivity contribution in [2.24, 2.45) is 5.73 Å². The molecule has 0 aliphatic heterocycles. The van der Waals surface area contributed by atoms with Crippen molar-refractivity contribution < 1.29 is 14.3 Å². The molecular formula is C14H27N3O3. The van der Waals surface area contributed by atoms with Crippen LogP contribution in [0.5, 0.6) is 0 Å². The Balaban J connectivity index is 2.32. The van der Waals surface area contributed by atoms with Gasteiger partial charge in [-0.15, -0.1) is 0 Å². The van der Waals surface area contributed by atoms with Gasteiger partial charge in [0.15, 0.2) is 0 Å². The maximum absolute atomic E-state index is 12.1. The van der Waals surface area contributed by atoms with Crippen molar-refractivity contribution in [2.45, 2.75) is 44.1 Å². The van der Waals surface area contributed by atoms with Crippen molar-refractivity contribution in [3.05, 3.63) is 0 Å². The fourth-order valence-corrected chi connectivity index (χ4v) is 2.52. The lowest BCUT2D eigenvalue weighted by molar-refractivity contribution is -0.136. The van der Waals surface area contributed by atoms with Crippen LogP contribution >= 0.6 is 0 Å². The van der Waals surface area contributed by atoms with Gasteiger partial charge in [-0.1, -0.05) is 19.3 Å². The van der Waals surface area contributed by atoms with Gasteiger partial charge in [0.2, 0.25) is 11.8 Å². The summed E-state index contributed by atoms with van der Waals surface area (Å²) in [6, 6.07) is 0. The van der Waals surface area contributed by atoms with Crippen LogP contribution in [-0.2, 0) is 14.3 Å². The molecular weight excluding hydrogens is 258 g/mol. The van der Waals surface area contributed by atoms with Crippen LogP contribution in [0.25, 0.3) is 0 Å². The Kier molecular flexibility index (Phi) is 6.95. The van der Waals surface area contributed by atoms with Gasteiger partial charge in [0.1, 0.15) is 0 Å². The second kappa shape index (κ2) is 8.21. The molecule has 3 N–H and O–H groups in total. The van der Waals surface area contributed by atoms with E-state index in [0.717, 1.165) is 25.7 Å². The Morgan fingerprint density at radius 3 is 2.55 bits per heavy atom. The molecule has 0 bridgehead atoms. The largest absolute Gasteiger partial charge is 0.383 e. The molecule has 6 nitrogen and oxygen atoms in total. The van der Waals surface area contributed by atoms with E-state index in [4.69, 9.17) is 10.5 Å². The van der Waals surface area contributed by atoms with Crippen LogP contribution in [-0.4, -0.2) is 56.1 Å². The molecule has 0 aromatic heterocycles. The molecule has 0 spiro atoms. The van der Waals surface area contributed by atoms with Crippen molar-refractivity contribution in [3.63, 3.8) is 0 Å². The van der Waals surface area contributed by atoms with E-state index in [1.54, 1.807) is 14.2 Å². The molecule has 0 atom stereocenters. The number of nitrogens with zero attached hydrogens (tertiary/aromatic N) is 1. The second-order valence-electron chi connectivity index (χ2n) is 5.69. The summed E-state index contributed by atoms with van der Waals surface area (Å²) in [5, 5.41) is 2.69. The van der Waals surface area contributed by atoms with Gasteiger partial charge >= 0.3 is 0 Å². The van der Waals surface area contributed by atoms with Crippen molar-refractivity contribution >= 4 is 11.8 Å². The summed E-state index contributed by atoms with van der Waals surface area (Å²) in [5.74, 6) is -0.232. The molecule has 0 saturated heterocycles. The zero-order chi connectivity index (χ0) is 15.0. The van der Waals surface area contributed by atoms with Crippen molar-refractivity contribution in [2.75, 3.05) is 33.9 Å². The lowest BCUT2D eigenvalue weighted by Crippen LogP contribution is -2.47. The van der Waals surface area contributed by atoms with Crippen LogP contribution in [0.1, 0.15) is 38.5 Å². The monoisotopic (exact) mass is 285 g/mol. The Hall–Kier alpha value is -1.14. The van der Waals surface area contributed by atoms with E-state index in [9.17, 15) is 9.59 Å². The number of nitrogens with two attached hydrogens (primary N) is 1. The van der Waals surface area contributed by atoms with E-state index in [1.165, 1.54) is 11.3 Å². The molecule has 1 rings (SSSR count). The lowest BCUT2D eigenvalue weighted by atomic mass is 9.80. The quantitative estimate of drug-likeness (QED) is 0.657. The number of carbonyl (C=O) groups is 2. The fraction of sp³-hybridized carbons (Fsp3) is 0.857. The number of methoxy groups -OCH3 is 1. The highest BCUT2D eigenvalue weighted by atomic mass is 16.5. The van der Waals surface area contributed by atoms with Crippen molar-refractivity contribution in [3.8, 4) is 0 Å². The van der Waals surface area contributed by atoms with Gasteiger partial charge in [0, 0.05) is 32.7 Å². The van der Waals surface area contributed by atoms with Gasteiger partial charge < -0.3 is 20.7 Å². The number of rotatable bonds is 7. The van der Waals surface area contributed by atoms with E-state index in [2.05, 4.69) is 5.32 Å². The molecule has 1 fully saturated rings. The summed E-state index contributed by atoms with van der Waals surface area (Å²) in [6.07, 6.45) is 5.50. The van der Waals surface area contributed by atoms with E-state index in [0.29, 0.717) is 19.6 Å². The first-order valence-electron chi connectivity index (χ1n) is 7.25. The molecule has 0 aromatic carbocycles. The lowest BCUT2D eigenvalue weighted by Gasteiger charge is -2.34. The summed E-state index contributed by atoms with van der Waals surface area (Å²) in [7, 11) is 3.22. The van der Waals surface area contributed by atoms with E-state index in [1.807, 2.05) is 0 Å². The number of carbonyl (C=O) groups excluding carboxylic acids is 2. The molecule has 6 heteroatoms. The number of hydrogen-bond donors (Lipinski definition) is 2. The minimum atomic E-state index is -0.379. The van der Waals surface area contributed by atoms with Crippen molar-refractivity contribution in [1.29, 1.82) is 0 Å². The Labute approximate surface area is 121 Å². The van der Waals surface area contributed by atoms with E-state index in [-0.39, 0.29) is 23.9 Å². The first-order chi connectivity index (χ1) is 9.47. The molecule has 2 amide bonds. The highest BCUT2D eigenvalue weighted by molar-refractivity contribution is 5.85. The average molecular weight is 285 g/mol. The number of nitrogens with one attached hydrogen (secondary N) is 1. The third-order valence-corrected chi connectivity index (χ3v) is 3.79. The molecule has 20 heavy (non-hydrogen) atoms. The molecule has 1 saturated carbocycles. The van der Waals surface area contributed by atoms with E-state index < -0.39 is 0 Å². The van der Waals surface area contributed by atoms with E-state index >= 15 is 0 Å². The second-order valence-corrected chi connectivity index (χ2v) is 5.69. The first-order valence-corrected chi connectivity index (χ1v) is 7.25. The third-order valence-electron chi connectivity index (χ3n) is 3.79. The fourth-order valence-electron chi connectivity index (χ4n) is 2.52. The molecule has 116 valence electrons. The molecule has 1 aliphatic rings. The predicted molar refractivity (Wildman–Crippen MR) is 77.1 cm³/mol. The minimum Gasteiger partial charge on any atom is -0.383 e. The Morgan fingerprint density at radius 1 is 1.30 bits per heavy atom. The molecule has 0 radical (unpaired) electrons. The minimum absolute atomic E-state index is 0.0590. The standard InChI is InChI=1S/C14H27N3O3/c1-17(11-12(18)16-8-9-20-2)13(19)10-14(15)6-4-3-5-7-14/h3-11,15H2,1-2H3,(H,16,18). The number of hydrogen-bond acceptors (Lipinski definition) is 4. The van der Waals surface area contributed by atoms with Gasteiger partial charge in [0.05, 0.1) is 13.2 Å². The summed E-state index contributed by atoms with van der Waals surface area (Å²) in [5.41, 5.74) is 5.88. The van der Waals surface area contributed by atoms with Gasteiger partial charge in [-0.05, 0) is 12.8 Å². The van der Waals surface area contributed by atoms with Crippen LogP contribution in [0, 0.1) is 0 Å². The normalized spacial score (nSPS) is 17.6. The predicted octanol–water partition coefficient (Wildman–Crippen LogP) is 0.259. The first kappa shape index (κ1) is 16.9. The molecule has 0 heterocycles. The van der Waals surface area contributed by atoms with Gasteiger partial charge in [-0.2, -0.15) is 0 Å². The molecule has 1 aliphatic carbocycles. The molecule has 0 aromatic rings. The smallest absolute Gasteiger partial charge is 0.239 e. The topological polar surface area (TPSA) is 84.7 Å². The highest BCUT2D eigenvalue weighted by Crippen LogP contribution is 2.28. The summed E-state index contributed by atoms with van der Waals surface area (Å²) in [4.78, 5) is 25.2. The zero-order valence-electron chi connectivity index (χ0n) is 12.6. The van der Waals surface area contributed by atoms with Crippen LogP contribution in [0.2, 0.25) is 0 Å². The maximum atomic E-state index is 12.1. The summed E-state index contributed by atoms with van der Waals surface area (Å²) >= 11 is 0. The summed E-state index contributed by atoms with van der Waals surface area (Å²) < 4.78 is 4.85. The Morgan fingerprint density at radius 2 is 1.95 bits per heavy atom. The summed E-state index contributed by atoms with van der Waals surface area (Å²) in [6.45, 7) is 0.992. The van der Waals surface area contributed by atoms with Gasteiger partial charge in [0.25, 0.3) is 0 Å². The van der Waals surface area contributed by atoms with Crippen LogP contribution in [0.3, 0.4) is 0 Å². The number of ether oxygens (including phenoxy) is 1. The van der Waals surface area contributed by atoms with Crippen LogP contribution in [0.15, 0.2) is 0 Å².